The number of rotatable bonds is 11. The molecule has 0 spiro atoms. The van der Waals surface area contributed by atoms with Gasteiger partial charge in [-0.25, -0.2) is 0 Å². The number of hydrogen-bond donors (Lipinski definition) is 7. The fourth-order valence-electron chi connectivity index (χ4n) is 2.03. The van der Waals surface area contributed by atoms with Crippen LogP contribution in [0.4, 0.5) is 0 Å². The molecule has 0 radical (unpaired) electrons. The van der Waals surface area contributed by atoms with Crippen molar-refractivity contribution in [3.05, 3.63) is 0 Å². The van der Waals surface area contributed by atoms with Crippen LogP contribution in [0.2, 0.25) is 0 Å². The van der Waals surface area contributed by atoms with Crippen molar-refractivity contribution >= 4 is 35.4 Å². The van der Waals surface area contributed by atoms with E-state index in [9.17, 15) is 28.8 Å². The Morgan fingerprint density at radius 2 is 0.710 bits per heavy atom. The molecule has 13 heteroatoms. The van der Waals surface area contributed by atoms with Gasteiger partial charge in [-0.2, -0.15) is 0 Å². The summed E-state index contributed by atoms with van der Waals surface area (Å²) in [4.78, 5) is 71.0. The molecule has 0 aliphatic heterocycles. The van der Waals surface area contributed by atoms with Gasteiger partial charge in [0, 0.05) is 0 Å². The third-order valence-electron chi connectivity index (χ3n) is 4.21. The van der Waals surface area contributed by atoms with Crippen molar-refractivity contribution in [3.8, 4) is 0 Å². The van der Waals surface area contributed by atoms with Crippen molar-refractivity contribution in [1.29, 1.82) is 0 Å². The van der Waals surface area contributed by atoms with E-state index in [2.05, 4.69) is 26.6 Å². The predicted molar refractivity (Wildman–Crippen MR) is 111 cm³/mol. The molecule has 9 N–H and O–H groups in total. The molecule has 6 atom stereocenters. The van der Waals surface area contributed by atoms with Gasteiger partial charge in [-0.3, -0.25) is 28.8 Å². The van der Waals surface area contributed by atoms with Gasteiger partial charge in [-0.05, 0) is 41.5 Å². The number of hydrogen-bond acceptors (Lipinski definition) is 7. The minimum Gasteiger partial charge on any atom is -0.368 e. The van der Waals surface area contributed by atoms with Crippen LogP contribution >= 0.6 is 0 Å². The van der Waals surface area contributed by atoms with Crippen molar-refractivity contribution in [1.82, 2.24) is 26.6 Å². The first kappa shape index (κ1) is 27.8. The van der Waals surface area contributed by atoms with E-state index in [0.29, 0.717) is 0 Å². The van der Waals surface area contributed by atoms with Crippen molar-refractivity contribution in [2.24, 2.45) is 11.5 Å². The third kappa shape index (κ3) is 9.89. The lowest BCUT2D eigenvalue weighted by molar-refractivity contribution is -0.134. The molecule has 0 saturated heterocycles. The van der Waals surface area contributed by atoms with Crippen LogP contribution in [-0.2, 0) is 28.8 Å². The van der Waals surface area contributed by atoms with E-state index in [0.717, 1.165) is 0 Å². The van der Waals surface area contributed by atoms with Gasteiger partial charge in [0.15, 0.2) is 0 Å². The van der Waals surface area contributed by atoms with E-state index in [1.54, 1.807) is 0 Å². The topological polar surface area (TPSA) is 215 Å². The highest BCUT2D eigenvalue weighted by molar-refractivity contribution is 5.95. The third-order valence-corrected chi connectivity index (χ3v) is 4.21. The monoisotopic (exact) mass is 443 g/mol. The van der Waals surface area contributed by atoms with Crippen LogP contribution < -0.4 is 38.1 Å². The van der Waals surface area contributed by atoms with Crippen molar-refractivity contribution in [2.45, 2.75) is 77.8 Å². The maximum atomic E-state index is 12.2. The zero-order valence-corrected chi connectivity index (χ0v) is 18.6. The van der Waals surface area contributed by atoms with E-state index in [1.165, 1.54) is 41.5 Å². The molecule has 0 aliphatic rings. The summed E-state index contributed by atoms with van der Waals surface area (Å²) >= 11 is 0. The molecule has 176 valence electrons. The first-order valence-corrected chi connectivity index (χ1v) is 9.74. The van der Waals surface area contributed by atoms with E-state index in [-0.39, 0.29) is 0 Å². The van der Waals surface area contributed by atoms with Crippen molar-refractivity contribution in [3.63, 3.8) is 0 Å². The maximum absolute atomic E-state index is 12.2. The number of carbonyl (C=O) groups excluding carboxylic acids is 6. The molecule has 31 heavy (non-hydrogen) atoms. The number of amides is 6. The largest absolute Gasteiger partial charge is 0.368 e. The second-order valence-electron chi connectivity index (χ2n) is 7.34. The Morgan fingerprint density at radius 3 is 0.935 bits per heavy atom. The second kappa shape index (κ2) is 12.5. The van der Waals surface area contributed by atoms with E-state index in [1.807, 2.05) is 0 Å². The molecule has 13 nitrogen and oxygen atoms in total. The molecule has 6 amide bonds. The Bertz CT molecular complexity index is 712. The first-order valence-electron chi connectivity index (χ1n) is 9.74. The average Bonchev–Trinajstić information content (AvgIpc) is 2.66. The van der Waals surface area contributed by atoms with Gasteiger partial charge in [0.05, 0.1) is 6.04 Å². The lowest BCUT2D eigenvalue weighted by atomic mass is 10.2. The number of primary amides is 1. The summed E-state index contributed by atoms with van der Waals surface area (Å²) in [7, 11) is 0. The molecular formula is C18H33N7O6. The van der Waals surface area contributed by atoms with Gasteiger partial charge < -0.3 is 38.1 Å². The molecule has 0 fully saturated rings. The fraction of sp³-hybridized carbons (Fsp3) is 0.667. The normalized spacial score (nSPS) is 16.4. The summed E-state index contributed by atoms with van der Waals surface area (Å²) < 4.78 is 0. The van der Waals surface area contributed by atoms with Gasteiger partial charge in [-0.15, -0.1) is 0 Å². The summed E-state index contributed by atoms with van der Waals surface area (Å²) in [6, 6.07) is -5.63. The Hall–Kier alpha value is -3.22. The van der Waals surface area contributed by atoms with Crippen LogP contribution in [0.1, 0.15) is 41.5 Å². The van der Waals surface area contributed by atoms with Crippen LogP contribution in [0.25, 0.3) is 0 Å². The second-order valence-corrected chi connectivity index (χ2v) is 7.34. The Balaban J connectivity index is 4.63. The highest BCUT2D eigenvalue weighted by Crippen LogP contribution is 1.93. The minimum absolute atomic E-state index is 0.520. The zero-order chi connectivity index (χ0) is 24.5. The standard InChI is InChI=1S/C18H33N7O6/c1-7(19)14(27)22-9(3)16(29)24-11(5)18(31)25-12(6)17(30)23-10(4)15(28)21-8(2)13(20)26/h7-12H,19H2,1-6H3,(H2,20,26)(H,21,28)(H,22,27)(H,23,30)(H,24,29)(H,25,31)/t7-,8-,9-,10-,11-,12-/m0/s1. The van der Waals surface area contributed by atoms with Crippen LogP contribution in [0.3, 0.4) is 0 Å². The number of nitrogens with two attached hydrogens (primary N) is 2. The summed E-state index contributed by atoms with van der Waals surface area (Å²) in [5, 5.41) is 11.9. The Labute approximate surface area is 180 Å². The van der Waals surface area contributed by atoms with Gasteiger partial charge in [0.25, 0.3) is 0 Å². The first-order chi connectivity index (χ1) is 14.2. The van der Waals surface area contributed by atoms with Gasteiger partial charge in [-0.1, -0.05) is 0 Å². The van der Waals surface area contributed by atoms with Crippen LogP contribution in [-0.4, -0.2) is 71.7 Å². The molecule has 0 aromatic heterocycles. The number of carbonyl (C=O) groups is 6. The number of nitrogens with one attached hydrogen (secondary N) is 5. The molecule has 0 aromatic carbocycles. The Kier molecular flexibility index (Phi) is 11.2. The van der Waals surface area contributed by atoms with Gasteiger partial charge in [0.1, 0.15) is 30.2 Å². The van der Waals surface area contributed by atoms with Gasteiger partial charge >= 0.3 is 0 Å². The van der Waals surface area contributed by atoms with E-state index < -0.39 is 71.7 Å². The lowest BCUT2D eigenvalue weighted by Gasteiger charge is -2.22. The fourth-order valence-corrected chi connectivity index (χ4v) is 2.03. The van der Waals surface area contributed by atoms with E-state index >= 15 is 0 Å². The molecule has 0 rings (SSSR count). The molecule has 0 aliphatic carbocycles. The molecule has 0 heterocycles. The van der Waals surface area contributed by atoms with Crippen molar-refractivity contribution in [2.75, 3.05) is 0 Å². The van der Waals surface area contributed by atoms with E-state index in [4.69, 9.17) is 11.5 Å². The summed E-state index contributed by atoms with van der Waals surface area (Å²) in [6.07, 6.45) is 0. The quantitative estimate of drug-likeness (QED) is 0.170. The molecule has 0 unspecified atom stereocenters. The van der Waals surface area contributed by atoms with Crippen LogP contribution in [0.5, 0.6) is 0 Å². The van der Waals surface area contributed by atoms with Crippen molar-refractivity contribution < 1.29 is 28.8 Å². The highest BCUT2D eigenvalue weighted by atomic mass is 16.2. The maximum Gasteiger partial charge on any atom is 0.242 e. The smallest absolute Gasteiger partial charge is 0.242 e. The summed E-state index contributed by atoms with van der Waals surface area (Å²) in [6.45, 7) is 8.49. The molecule has 0 aromatic rings. The zero-order valence-electron chi connectivity index (χ0n) is 18.6. The van der Waals surface area contributed by atoms with Gasteiger partial charge in [0.2, 0.25) is 35.4 Å². The Morgan fingerprint density at radius 1 is 0.484 bits per heavy atom. The summed E-state index contributed by atoms with van der Waals surface area (Å²) in [5.41, 5.74) is 10.5. The summed E-state index contributed by atoms with van der Waals surface area (Å²) in [5.74, 6) is -3.78. The molecule has 0 saturated carbocycles. The minimum atomic E-state index is -1.02. The average molecular weight is 444 g/mol. The lowest BCUT2D eigenvalue weighted by Crippen LogP contribution is -2.57. The van der Waals surface area contributed by atoms with Crippen LogP contribution in [0.15, 0.2) is 0 Å². The van der Waals surface area contributed by atoms with Crippen LogP contribution in [0, 0.1) is 0 Å². The molecular weight excluding hydrogens is 410 g/mol. The molecule has 0 bridgehead atoms. The predicted octanol–water partition coefficient (Wildman–Crippen LogP) is -3.66. The highest BCUT2D eigenvalue weighted by Gasteiger charge is 2.26. The SMILES string of the molecule is C[C@H](N)C(=O)N[C@@H](C)C(=O)N[C@@H](C)C(=O)N[C@@H](C)C(=O)N[C@@H](C)C(=O)N[C@@H](C)C(N)=O.